The van der Waals surface area contributed by atoms with Crippen LogP contribution in [0.25, 0.3) is 0 Å². The van der Waals surface area contributed by atoms with E-state index in [4.69, 9.17) is 5.11 Å². The number of aliphatic carboxylic acids is 1. The number of nitrogens with one attached hydrogen (secondary N) is 1. The summed E-state index contributed by atoms with van der Waals surface area (Å²) in [6.07, 6.45) is -0.711. The van der Waals surface area contributed by atoms with Gasteiger partial charge in [0.2, 0.25) is 0 Å². The molecular formula is C9H13BrN2O4. The van der Waals surface area contributed by atoms with Crippen LogP contribution in [0.1, 0.15) is 6.42 Å². The van der Waals surface area contributed by atoms with Gasteiger partial charge in [0.1, 0.15) is 6.04 Å². The summed E-state index contributed by atoms with van der Waals surface area (Å²) in [6.45, 7) is 3.80. The number of aliphatic hydroxyl groups is 1. The highest BCUT2D eigenvalue weighted by atomic mass is 79.9. The zero-order chi connectivity index (χ0) is 12.3. The number of halogens is 1. The van der Waals surface area contributed by atoms with E-state index in [9.17, 15) is 14.7 Å². The van der Waals surface area contributed by atoms with Crippen molar-refractivity contribution in [3.8, 4) is 0 Å². The first-order valence-electron chi connectivity index (χ1n) is 4.70. The molecule has 2 atom stereocenters. The number of carbonyl (C=O) groups excluding carboxylic acids is 1. The minimum absolute atomic E-state index is 0.0392. The van der Waals surface area contributed by atoms with Gasteiger partial charge in [-0.3, -0.25) is 0 Å². The molecule has 1 fully saturated rings. The second kappa shape index (κ2) is 5.31. The lowest BCUT2D eigenvalue weighted by molar-refractivity contribution is -0.141. The van der Waals surface area contributed by atoms with Crippen LogP contribution in [-0.4, -0.2) is 52.3 Å². The molecule has 3 N–H and O–H groups in total. The van der Waals surface area contributed by atoms with Crippen molar-refractivity contribution >= 4 is 27.9 Å². The molecule has 0 spiro atoms. The number of carbonyl (C=O) groups is 2. The molecule has 2 unspecified atom stereocenters. The molecule has 1 saturated heterocycles. The van der Waals surface area contributed by atoms with Crippen LogP contribution >= 0.6 is 15.9 Å². The van der Waals surface area contributed by atoms with Crippen molar-refractivity contribution in [1.82, 2.24) is 10.2 Å². The standard InChI is InChI=1S/C9H13BrN2O4/c1-5(10)3-11-9(16)12-4-6(13)2-7(12)8(14)15/h6-7,13H,1-4H2,(H,11,16)(H,14,15). The Labute approximate surface area is 101 Å². The molecule has 0 aliphatic carbocycles. The average Bonchev–Trinajstić information content (AvgIpc) is 2.56. The van der Waals surface area contributed by atoms with Crippen molar-refractivity contribution in [2.75, 3.05) is 13.1 Å². The first-order valence-corrected chi connectivity index (χ1v) is 5.49. The summed E-state index contributed by atoms with van der Waals surface area (Å²) in [7, 11) is 0. The largest absolute Gasteiger partial charge is 0.480 e. The van der Waals surface area contributed by atoms with Gasteiger partial charge in [0.15, 0.2) is 0 Å². The van der Waals surface area contributed by atoms with E-state index >= 15 is 0 Å². The highest BCUT2D eigenvalue weighted by molar-refractivity contribution is 9.11. The number of hydrogen-bond acceptors (Lipinski definition) is 3. The highest BCUT2D eigenvalue weighted by Crippen LogP contribution is 2.18. The van der Waals surface area contributed by atoms with Crippen molar-refractivity contribution in [3.63, 3.8) is 0 Å². The monoisotopic (exact) mass is 292 g/mol. The fourth-order valence-electron chi connectivity index (χ4n) is 1.55. The summed E-state index contributed by atoms with van der Waals surface area (Å²) < 4.78 is 0.590. The summed E-state index contributed by atoms with van der Waals surface area (Å²) in [5, 5.41) is 20.7. The van der Waals surface area contributed by atoms with E-state index in [0.717, 1.165) is 4.90 Å². The van der Waals surface area contributed by atoms with Gasteiger partial charge >= 0.3 is 12.0 Å². The molecular weight excluding hydrogens is 280 g/mol. The molecule has 0 radical (unpaired) electrons. The molecule has 1 aliphatic rings. The van der Waals surface area contributed by atoms with E-state index in [1.54, 1.807) is 0 Å². The van der Waals surface area contributed by atoms with Crippen molar-refractivity contribution in [1.29, 1.82) is 0 Å². The van der Waals surface area contributed by atoms with Crippen LogP contribution in [-0.2, 0) is 4.79 Å². The summed E-state index contributed by atoms with van der Waals surface area (Å²) in [5.41, 5.74) is 0. The maximum absolute atomic E-state index is 11.6. The Bertz CT molecular complexity index is 321. The summed E-state index contributed by atoms with van der Waals surface area (Å²) in [6, 6.07) is -1.47. The van der Waals surface area contributed by atoms with Gasteiger partial charge in [0.05, 0.1) is 12.6 Å². The summed E-state index contributed by atoms with van der Waals surface area (Å²) in [4.78, 5) is 23.5. The fourth-order valence-corrected chi connectivity index (χ4v) is 1.69. The molecule has 1 heterocycles. The van der Waals surface area contributed by atoms with Gasteiger partial charge in [0.25, 0.3) is 0 Å². The highest BCUT2D eigenvalue weighted by Gasteiger charge is 2.38. The number of hydrogen-bond donors (Lipinski definition) is 3. The van der Waals surface area contributed by atoms with Crippen molar-refractivity contribution in [2.45, 2.75) is 18.6 Å². The van der Waals surface area contributed by atoms with Gasteiger partial charge in [-0.1, -0.05) is 22.5 Å². The van der Waals surface area contributed by atoms with Crippen LogP contribution in [0, 0.1) is 0 Å². The number of carboxylic acids is 1. The summed E-state index contributed by atoms with van der Waals surface area (Å²) >= 11 is 3.07. The predicted octanol–water partition coefficient (Wildman–Crippen LogP) is 0.124. The van der Waals surface area contributed by atoms with Crippen LogP contribution < -0.4 is 5.32 Å². The number of rotatable bonds is 3. The molecule has 0 bridgehead atoms. The van der Waals surface area contributed by atoms with Gasteiger partial charge in [-0.2, -0.15) is 0 Å². The molecule has 7 heteroatoms. The summed E-state index contributed by atoms with van der Waals surface area (Å²) in [5.74, 6) is -1.11. The molecule has 0 aromatic heterocycles. The van der Waals surface area contributed by atoms with E-state index in [2.05, 4.69) is 27.8 Å². The zero-order valence-corrected chi connectivity index (χ0v) is 10.1. The molecule has 0 aromatic rings. The molecule has 16 heavy (non-hydrogen) atoms. The smallest absolute Gasteiger partial charge is 0.326 e. The lowest BCUT2D eigenvalue weighted by atomic mass is 10.2. The van der Waals surface area contributed by atoms with Gasteiger partial charge in [-0.05, 0) is 0 Å². The third kappa shape index (κ3) is 3.21. The van der Waals surface area contributed by atoms with Crippen LogP contribution in [0.5, 0.6) is 0 Å². The average molecular weight is 293 g/mol. The van der Waals surface area contributed by atoms with E-state index in [-0.39, 0.29) is 19.5 Å². The quantitative estimate of drug-likeness (QED) is 0.689. The minimum atomic E-state index is -1.11. The maximum atomic E-state index is 11.6. The maximum Gasteiger partial charge on any atom is 0.326 e. The molecule has 90 valence electrons. The molecule has 6 nitrogen and oxygen atoms in total. The molecule has 1 aliphatic heterocycles. The first kappa shape index (κ1) is 13.0. The number of carboxylic acid groups (broad SMARTS) is 1. The third-order valence-corrected chi connectivity index (χ3v) is 2.54. The number of nitrogens with zero attached hydrogens (tertiary/aromatic N) is 1. The SMILES string of the molecule is C=C(Br)CNC(=O)N1CC(O)CC1C(=O)O. The molecule has 2 amide bonds. The normalized spacial score (nSPS) is 24.2. The number of likely N-dealkylation sites (tertiary alicyclic amines) is 1. The lowest BCUT2D eigenvalue weighted by Crippen LogP contribution is -2.46. The molecule has 1 rings (SSSR count). The van der Waals surface area contributed by atoms with Crippen molar-refractivity contribution < 1.29 is 19.8 Å². The Kier molecular flexibility index (Phi) is 4.31. The van der Waals surface area contributed by atoms with E-state index < -0.39 is 24.1 Å². The minimum Gasteiger partial charge on any atom is -0.480 e. The van der Waals surface area contributed by atoms with E-state index in [1.165, 1.54) is 0 Å². The Morgan fingerprint density at radius 3 is 2.69 bits per heavy atom. The fraction of sp³-hybridized carbons (Fsp3) is 0.556. The van der Waals surface area contributed by atoms with E-state index in [0.29, 0.717) is 4.48 Å². The Hall–Kier alpha value is -1.08. The second-order valence-electron chi connectivity index (χ2n) is 3.57. The van der Waals surface area contributed by atoms with Crippen LogP contribution in [0.3, 0.4) is 0 Å². The predicted molar refractivity (Wildman–Crippen MR) is 60.2 cm³/mol. The van der Waals surface area contributed by atoms with Crippen LogP contribution in [0.15, 0.2) is 11.1 Å². The second-order valence-corrected chi connectivity index (χ2v) is 4.69. The van der Waals surface area contributed by atoms with E-state index in [1.807, 2.05) is 0 Å². The lowest BCUT2D eigenvalue weighted by Gasteiger charge is -2.21. The van der Waals surface area contributed by atoms with Gasteiger partial charge in [-0.25, -0.2) is 9.59 Å². The van der Waals surface area contributed by atoms with Gasteiger partial charge in [0, 0.05) is 17.4 Å². The molecule has 0 saturated carbocycles. The zero-order valence-electron chi connectivity index (χ0n) is 8.52. The van der Waals surface area contributed by atoms with Crippen molar-refractivity contribution in [3.05, 3.63) is 11.1 Å². The topological polar surface area (TPSA) is 89.9 Å². The van der Waals surface area contributed by atoms with Gasteiger partial charge < -0.3 is 20.4 Å². The first-order chi connectivity index (χ1) is 7.41. The van der Waals surface area contributed by atoms with Gasteiger partial charge in [-0.15, -0.1) is 0 Å². The Balaban J connectivity index is 2.59. The van der Waals surface area contributed by atoms with Crippen LogP contribution in [0.4, 0.5) is 4.79 Å². The molecule has 0 aromatic carbocycles. The van der Waals surface area contributed by atoms with Crippen molar-refractivity contribution in [2.24, 2.45) is 0 Å². The number of aliphatic hydroxyl groups excluding tert-OH is 1. The number of β-amino-alcohol motifs (C(OH)–C–C–N with tert-alkyl or cyclic N) is 1. The number of amides is 2. The Morgan fingerprint density at radius 1 is 1.56 bits per heavy atom. The Morgan fingerprint density at radius 2 is 2.19 bits per heavy atom. The number of urea groups is 1. The third-order valence-electron chi connectivity index (χ3n) is 2.26. The van der Waals surface area contributed by atoms with Crippen LogP contribution in [0.2, 0.25) is 0 Å².